The maximum Gasteiger partial charge on any atom is 0.287 e. The summed E-state index contributed by atoms with van der Waals surface area (Å²) in [4.78, 5) is 9.83. The molecule has 0 heterocycles. The summed E-state index contributed by atoms with van der Waals surface area (Å²) in [6.45, 7) is -0.155. The molecule has 1 aromatic carbocycles. The fourth-order valence-electron chi connectivity index (χ4n) is 1.69. The van der Waals surface area contributed by atoms with E-state index in [1.54, 1.807) is 7.05 Å². The number of nitrogens with one attached hydrogen (secondary N) is 1. The van der Waals surface area contributed by atoms with Crippen LogP contribution in [0.3, 0.4) is 0 Å². The first kappa shape index (κ1) is 15.5. The first-order valence-electron chi connectivity index (χ1n) is 5.66. The van der Waals surface area contributed by atoms with Crippen LogP contribution in [0.2, 0.25) is 0 Å². The minimum absolute atomic E-state index is 0.155. The first-order valence-corrected chi connectivity index (χ1v) is 7.32. The van der Waals surface area contributed by atoms with Gasteiger partial charge >= 0.3 is 0 Å². The molecule has 0 spiro atoms. The van der Waals surface area contributed by atoms with E-state index in [1.165, 1.54) is 18.2 Å². The Morgan fingerprint density at radius 1 is 1.42 bits per heavy atom. The molecule has 19 heavy (non-hydrogen) atoms. The van der Waals surface area contributed by atoms with Crippen molar-refractivity contribution in [2.75, 3.05) is 19.4 Å². The quantitative estimate of drug-likeness (QED) is 0.553. The molecule has 1 atom stereocenters. The van der Waals surface area contributed by atoms with Crippen LogP contribution in [-0.2, 0) is 9.84 Å². The third-order valence-electron chi connectivity index (χ3n) is 2.70. The van der Waals surface area contributed by atoms with Crippen molar-refractivity contribution in [2.45, 2.75) is 17.4 Å². The number of sulfone groups is 1. The lowest BCUT2D eigenvalue weighted by molar-refractivity contribution is -0.387. The number of rotatable bonds is 7. The van der Waals surface area contributed by atoms with Crippen molar-refractivity contribution >= 4 is 15.5 Å². The lowest BCUT2D eigenvalue weighted by atomic mass is 10.2. The number of hydrogen-bond acceptors (Lipinski definition) is 6. The van der Waals surface area contributed by atoms with Gasteiger partial charge in [0.1, 0.15) is 4.90 Å². The predicted molar refractivity (Wildman–Crippen MR) is 69.7 cm³/mol. The first-order chi connectivity index (χ1) is 8.92. The number of aliphatic hydroxyl groups is 1. The molecule has 0 aliphatic heterocycles. The van der Waals surface area contributed by atoms with E-state index < -0.39 is 26.5 Å². The van der Waals surface area contributed by atoms with Gasteiger partial charge in [-0.2, -0.15) is 0 Å². The SMILES string of the molecule is CNC(CCO)CS(=O)(=O)c1ccccc1[N+](=O)[O-]. The Hall–Kier alpha value is -1.51. The Morgan fingerprint density at radius 2 is 2.05 bits per heavy atom. The summed E-state index contributed by atoms with van der Waals surface area (Å²) >= 11 is 0. The van der Waals surface area contributed by atoms with E-state index in [-0.39, 0.29) is 23.7 Å². The van der Waals surface area contributed by atoms with Crippen molar-refractivity contribution in [1.82, 2.24) is 5.32 Å². The van der Waals surface area contributed by atoms with Gasteiger partial charge in [0.15, 0.2) is 9.84 Å². The molecule has 1 unspecified atom stereocenters. The number of benzene rings is 1. The van der Waals surface area contributed by atoms with Crippen molar-refractivity contribution in [2.24, 2.45) is 0 Å². The Bertz CT molecular complexity index is 544. The molecule has 0 saturated heterocycles. The van der Waals surface area contributed by atoms with E-state index in [0.29, 0.717) is 0 Å². The zero-order chi connectivity index (χ0) is 14.5. The second-order valence-electron chi connectivity index (χ2n) is 4.00. The minimum Gasteiger partial charge on any atom is -0.396 e. The molecule has 106 valence electrons. The highest BCUT2D eigenvalue weighted by Gasteiger charge is 2.27. The average Bonchev–Trinajstić information content (AvgIpc) is 2.38. The number of nitro benzene ring substituents is 1. The summed E-state index contributed by atoms with van der Waals surface area (Å²) in [6, 6.07) is 4.79. The van der Waals surface area contributed by atoms with Gasteiger partial charge in [-0.25, -0.2) is 8.42 Å². The number of nitrogens with zero attached hydrogens (tertiary/aromatic N) is 1. The Balaban J connectivity index is 3.10. The monoisotopic (exact) mass is 288 g/mol. The van der Waals surface area contributed by atoms with Crippen molar-refractivity contribution in [3.8, 4) is 0 Å². The summed E-state index contributed by atoms with van der Waals surface area (Å²) in [6.07, 6.45) is 0.260. The highest BCUT2D eigenvalue weighted by atomic mass is 32.2. The Labute approximate surface area is 111 Å². The summed E-state index contributed by atoms with van der Waals surface area (Å²) in [5, 5.41) is 22.4. The molecule has 0 saturated carbocycles. The van der Waals surface area contributed by atoms with Gasteiger partial charge in [-0.15, -0.1) is 0 Å². The highest BCUT2D eigenvalue weighted by Crippen LogP contribution is 2.24. The molecule has 0 amide bonds. The molecule has 0 aliphatic rings. The van der Waals surface area contributed by atoms with E-state index in [2.05, 4.69) is 5.32 Å². The third kappa shape index (κ3) is 3.98. The van der Waals surface area contributed by atoms with Gasteiger partial charge in [0.2, 0.25) is 0 Å². The number of aliphatic hydroxyl groups excluding tert-OH is 1. The molecule has 8 heteroatoms. The van der Waals surface area contributed by atoms with Gasteiger partial charge < -0.3 is 10.4 Å². The fourth-order valence-corrected chi connectivity index (χ4v) is 3.48. The smallest absolute Gasteiger partial charge is 0.287 e. The van der Waals surface area contributed by atoms with Gasteiger partial charge in [-0.05, 0) is 19.5 Å². The van der Waals surface area contributed by atoms with Crippen LogP contribution in [0.5, 0.6) is 0 Å². The molecule has 0 radical (unpaired) electrons. The van der Waals surface area contributed by atoms with Gasteiger partial charge in [-0.3, -0.25) is 10.1 Å². The van der Waals surface area contributed by atoms with E-state index in [0.717, 1.165) is 6.07 Å². The number of hydrogen-bond donors (Lipinski definition) is 2. The molecule has 0 aliphatic carbocycles. The van der Waals surface area contributed by atoms with Crippen LogP contribution in [0.25, 0.3) is 0 Å². The maximum atomic E-state index is 12.2. The topological polar surface area (TPSA) is 110 Å². The van der Waals surface area contributed by atoms with E-state index in [1.807, 2.05) is 0 Å². The molecule has 0 aromatic heterocycles. The molecule has 2 N–H and O–H groups in total. The zero-order valence-electron chi connectivity index (χ0n) is 10.4. The highest BCUT2D eigenvalue weighted by molar-refractivity contribution is 7.91. The van der Waals surface area contributed by atoms with Crippen LogP contribution < -0.4 is 5.32 Å². The molecule has 0 bridgehead atoms. The lowest BCUT2D eigenvalue weighted by Gasteiger charge is -2.14. The van der Waals surface area contributed by atoms with Gasteiger partial charge in [0.05, 0.1) is 10.7 Å². The van der Waals surface area contributed by atoms with Crippen molar-refractivity contribution in [3.63, 3.8) is 0 Å². The largest absolute Gasteiger partial charge is 0.396 e. The Morgan fingerprint density at radius 3 is 2.58 bits per heavy atom. The predicted octanol–water partition coefficient (Wildman–Crippen LogP) is 0.339. The summed E-state index contributed by atoms with van der Waals surface area (Å²) < 4.78 is 24.4. The second kappa shape index (κ2) is 6.60. The molecule has 0 fully saturated rings. The number of nitro groups is 1. The van der Waals surface area contributed by atoms with Gasteiger partial charge in [-0.1, -0.05) is 12.1 Å². The lowest BCUT2D eigenvalue weighted by Crippen LogP contribution is -2.34. The van der Waals surface area contributed by atoms with Crippen molar-refractivity contribution in [1.29, 1.82) is 0 Å². The summed E-state index contributed by atoms with van der Waals surface area (Å²) in [5.74, 6) is -0.297. The van der Waals surface area contributed by atoms with Crippen LogP contribution in [0, 0.1) is 10.1 Å². The zero-order valence-corrected chi connectivity index (χ0v) is 11.3. The van der Waals surface area contributed by atoms with Crippen LogP contribution in [0.1, 0.15) is 6.42 Å². The van der Waals surface area contributed by atoms with E-state index in [9.17, 15) is 18.5 Å². The average molecular weight is 288 g/mol. The molecule has 1 aromatic rings. The number of para-hydroxylation sites is 1. The maximum absolute atomic E-state index is 12.2. The Kier molecular flexibility index (Phi) is 5.40. The van der Waals surface area contributed by atoms with Crippen molar-refractivity contribution < 1.29 is 18.4 Å². The molecule has 1 rings (SSSR count). The molecular formula is C11H16N2O5S. The van der Waals surface area contributed by atoms with Gasteiger partial charge in [0, 0.05) is 18.7 Å². The van der Waals surface area contributed by atoms with Crippen LogP contribution in [-0.4, -0.2) is 43.9 Å². The normalized spacial score (nSPS) is 13.2. The summed E-state index contributed by atoms with van der Waals surface area (Å²) in [5.41, 5.74) is -0.429. The van der Waals surface area contributed by atoms with Crippen LogP contribution >= 0.6 is 0 Å². The van der Waals surface area contributed by atoms with Crippen LogP contribution in [0.4, 0.5) is 5.69 Å². The third-order valence-corrected chi connectivity index (χ3v) is 4.56. The molecule has 7 nitrogen and oxygen atoms in total. The van der Waals surface area contributed by atoms with Crippen LogP contribution in [0.15, 0.2) is 29.2 Å². The molecular weight excluding hydrogens is 272 g/mol. The fraction of sp³-hybridized carbons (Fsp3) is 0.455. The summed E-state index contributed by atoms with van der Waals surface area (Å²) in [7, 11) is -2.21. The standard InChI is InChI=1S/C11H16N2O5S/c1-12-9(6-7-14)8-19(17,18)11-5-3-2-4-10(11)13(15)16/h2-5,9,12,14H,6-8H2,1H3. The van der Waals surface area contributed by atoms with Gasteiger partial charge in [0.25, 0.3) is 5.69 Å². The van der Waals surface area contributed by atoms with E-state index in [4.69, 9.17) is 5.11 Å². The van der Waals surface area contributed by atoms with Crippen molar-refractivity contribution in [3.05, 3.63) is 34.4 Å². The second-order valence-corrected chi connectivity index (χ2v) is 6.01. The minimum atomic E-state index is -3.78. The van der Waals surface area contributed by atoms with E-state index >= 15 is 0 Å².